The molecule has 2 aromatic carbocycles. The molecule has 0 spiro atoms. The number of hydrogen-bond acceptors (Lipinski definition) is 5. The summed E-state index contributed by atoms with van der Waals surface area (Å²) in [5, 5.41) is 0.898. The van der Waals surface area contributed by atoms with Gasteiger partial charge in [-0.2, -0.15) is 0 Å². The van der Waals surface area contributed by atoms with Crippen LogP contribution in [0, 0.1) is 0 Å². The van der Waals surface area contributed by atoms with Crippen molar-refractivity contribution in [2.45, 2.75) is 32.4 Å². The fourth-order valence-electron chi connectivity index (χ4n) is 3.64. The molecular weight excluding hydrogens is 382 g/mol. The van der Waals surface area contributed by atoms with Crippen LogP contribution in [0.4, 0.5) is 5.69 Å². The molecule has 1 saturated heterocycles. The van der Waals surface area contributed by atoms with Gasteiger partial charge in [0.1, 0.15) is 11.6 Å². The fraction of sp³-hybridized carbons (Fsp3) is 0.391. The van der Waals surface area contributed by atoms with E-state index in [1.165, 1.54) is 24.9 Å². The summed E-state index contributed by atoms with van der Waals surface area (Å²) >= 11 is 1.61. The first kappa shape index (κ1) is 19.9. The molecule has 152 valence electrons. The van der Waals surface area contributed by atoms with Gasteiger partial charge in [0, 0.05) is 32.4 Å². The number of amides is 1. The average molecular weight is 410 g/mol. The zero-order valence-electron chi connectivity index (χ0n) is 16.8. The number of carbonyl (C=O) groups excluding carboxylic acids is 1. The molecule has 0 N–H and O–H groups in total. The van der Waals surface area contributed by atoms with Crippen molar-refractivity contribution in [3.05, 3.63) is 59.1 Å². The number of anilines is 1. The average Bonchev–Trinajstić information content (AvgIpc) is 3.17. The molecule has 0 radical (unpaired) electrons. The minimum atomic E-state index is -0.0220. The predicted molar refractivity (Wildman–Crippen MR) is 118 cm³/mol. The maximum Gasteiger partial charge on any atom is 0.248 e. The van der Waals surface area contributed by atoms with E-state index in [1.54, 1.807) is 16.2 Å². The molecule has 0 bridgehead atoms. The molecule has 1 aliphatic heterocycles. The Labute approximate surface area is 175 Å². The van der Waals surface area contributed by atoms with E-state index in [0.29, 0.717) is 13.2 Å². The standard InChI is InChI=1S/C23H27N3O2S/c1-25(15-18-9-11-19(12-10-18)26-13-5-2-6-14-26)23(27)17-28-16-22-24-20-7-3-4-8-21(20)29-22/h3-4,7-12H,2,5-6,13-17H2,1H3. The van der Waals surface area contributed by atoms with Gasteiger partial charge in [-0.05, 0) is 49.1 Å². The Kier molecular flexibility index (Phi) is 6.42. The van der Waals surface area contributed by atoms with Gasteiger partial charge in [-0.1, -0.05) is 24.3 Å². The summed E-state index contributed by atoms with van der Waals surface area (Å²) in [6.07, 6.45) is 3.88. The van der Waals surface area contributed by atoms with Gasteiger partial charge in [-0.25, -0.2) is 4.98 Å². The first-order valence-electron chi connectivity index (χ1n) is 10.2. The van der Waals surface area contributed by atoms with Gasteiger partial charge in [0.25, 0.3) is 0 Å². The number of hydrogen-bond donors (Lipinski definition) is 0. The van der Waals surface area contributed by atoms with Crippen molar-refractivity contribution in [3.63, 3.8) is 0 Å². The van der Waals surface area contributed by atoms with Gasteiger partial charge in [0.2, 0.25) is 5.91 Å². The summed E-state index contributed by atoms with van der Waals surface area (Å²) in [7, 11) is 1.82. The van der Waals surface area contributed by atoms with Crippen molar-refractivity contribution in [2.75, 3.05) is 31.6 Å². The number of para-hydroxylation sites is 1. The molecule has 4 rings (SSSR count). The molecule has 5 nitrogen and oxygen atoms in total. The van der Waals surface area contributed by atoms with Gasteiger partial charge in [-0.3, -0.25) is 4.79 Å². The Morgan fingerprint density at radius 2 is 1.86 bits per heavy atom. The highest BCUT2D eigenvalue weighted by atomic mass is 32.1. The second-order valence-corrected chi connectivity index (χ2v) is 8.65. The Morgan fingerprint density at radius 3 is 2.62 bits per heavy atom. The van der Waals surface area contributed by atoms with Crippen LogP contribution in [0.15, 0.2) is 48.5 Å². The molecule has 6 heteroatoms. The predicted octanol–water partition coefficient (Wildman–Crippen LogP) is 4.46. The first-order chi connectivity index (χ1) is 14.2. The Morgan fingerprint density at radius 1 is 1.10 bits per heavy atom. The number of piperidine rings is 1. The lowest BCUT2D eigenvalue weighted by molar-refractivity contribution is -0.135. The maximum atomic E-state index is 12.4. The molecule has 1 amide bonds. The van der Waals surface area contributed by atoms with Crippen LogP contribution in [0.2, 0.25) is 0 Å². The molecule has 0 saturated carbocycles. The van der Waals surface area contributed by atoms with Crippen molar-refractivity contribution in [2.24, 2.45) is 0 Å². The topological polar surface area (TPSA) is 45.7 Å². The number of nitrogens with zero attached hydrogens (tertiary/aromatic N) is 3. The Balaban J connectivity index is 1.24. The molecule has 1 fully saturated rings. The van der Waals surface area contributed by atoms with E-state index in [4.69, 9.17) is 4.74 Å². The van der Waals surface area contributed by atoms with Crippen molar-refractivity contribution in [1.29, 1.82) is 0 Å². The first-order valence-corrected chi connectivity index (χ1v) is 11.0. The van der Waals surface area contributed by atoms with Gasteiger partial charge in [0.15, 0.2) is 0 Å². The number of likely N-dealkylation sites (N-methyl/N-ethyl adjacent to an activating group) is 1. The number of rotatable bonds is 7. The lowest BCUT2D eigenvalue weighted by Crippen LogP contribution is -2.30. The monoisotopic (exact) mass is 409 g/mol. The van der Waals surface area contributed by atoms with Crippen LogP contribution < -0.4 is 4.90 Å². The lowest BCUT2D eigenvalue weighted by Gasteiger charge is -2.29. The van der Waals surface area contributed by atoms with Gasteiger partial charge in [0.05, 0.1) is 16.8 Å². The molecule has 1 aliphatic rings. The maximum absolute atomic E-state index is 12.4. The molecule has 29 heavy (non-hydrogen) atoms. The summed E-state index contributed by atoms with van der Waals surface area (Å²) in [6.45, 7) is 3.30. The largest absolute Gasteiger partial charge is 0.372 e. The normalized spacial score (nSPS) is 14.3. The van der Waals surface area contributed by atoms with E-state index in [2.05, 4.69) is 34.1 Å². The van der Waals surface area contributed by atoms with Crippen LogP contribution in [-0.4, -0.2) is 42.5 Å². The van der Waals surface area contributed by atoms with E-state index < -0.39 is 0 Å². The van der Waals surface area contributed by atoms with Crippen molar-refractivity contribution < 1.29 is 9.53 Å². The highest BCUT2D eigenvalue weighted by molar-refractivity contribution is 7.18. The third-order valence-corrected chi connectivity index (χ3v) is 6.30. The Hall–Kier alpha value is -2.44. The van der Waals surface area contributed by atoms with Crippen molar-refractivity contribution >= 4 is 33.1 Å². The van der Waals surface area contributed by atoms with Crippen LogP contribution in [0.3, 0.4) is 0 Å². The zero-order valence-corrected chi connectivity index (χ0v) is 17.7. The molecular formula is C23H27N3O2S. The zero-order chi connectivity index (χ0) is 20.1. The number of aromatic nitrogens is 1. The minimum absolute atomic E-state index is 0.0220. The van der Waals surface area contributed by atoms with E-state index in [9.17, 15) is 4.79 Å². The number of carbonyl (C=O) groups is 1. The van der Waals surface area contributed by atoms with E-state index in [-0.39, 0.29) is 12.5 Å². The highest BCUT2D eigenvalue weighted by Crippen LogP contribution is 2.22. The fourth-order valence-corrected chi connectivity index (χ4v) is 4.55. The van der Waals surface area contributed by atoms with Gasteiger partial charge in [-0.15, -0.1) is 11.3 Å². The number of ether oxygens (including phenoxy) is 1. The minimum Gasteiger partial charge on any atom is -0.372 e. The lowest BCUT2D eigenvalue weighted by atomic mass is 10.1. The number of benzene rings is 2. The van der Waals surface area contributed by atoms with Crippen LogP contribution >= 0.6 is 11.3 Å². The van der Waals surface area contributed by atoms with Gasteiger partial charge < -0.3 is 14.5 Å². The summed E-state index contributed by atoms with van der Waals surface area (Å²) in [5.41, 5.74) is 3.39. The van der Waals surface area contributed by atoms with Crippen molar-refractivity contribution in [1.82, 2.24) is 9.88 Å². The summed E-state index contributed by atoms with van der Waals surface area (Å²) < 4.78 is 6.76. The quantitative estimate of drug-likeness (QED) is 0.578. The van der Waals surface area contributed by atoms with Gasteiger partial charge >= 0.3 is 0 Å². The van der Waals surface area contributed by atoms with Crippen LogP contribution in [0.1, 0.15) is 29.8 Å². The van der Waals surface area contributed by atoms with Crippen LogP contribution in [0.5, 0.6) is 0 Å². The van der Waals surface area contributed by atoms with E-state index in [1.807, 2.05) is 31.3 Å². The van der Waals surface area contributed by atoms with Crippen LogP contribution in [-0.2, 0) is 22.7 Å². The molecule has 3 aromatic rings. The number of thiazole rings is 1. The smallest absolute Gasteiger partial charge is 0.248 e. The summed E-state index contributed by atoms with van der Waals surface area (Å²) in [4.78, 5) is 21.1. The molecule has 1 aromatic heterocycles. The molecule has 2 heterocycles. The van der Waals surface area contributed by atoms with E-state index in [0.717, 1.165) is 33.9 Å². The molecule has 0 unspecified atom stereocenters. The number of fused-ring (bicyclic) bond motifs is 1. The summed E-state index contributed by atoms with van der Waals surface area (Å²) in [6, 6.07) is 16.6. The highest BCUT2D eigenvalue weighted by Gasteiger charge is 2.13. The third kappa shape index (κ3) is 5.14. The summed E-state index contributed by atoms with van der Waals surface area (Å²) in [5.74, 6) is -0.0220. The van der Waals surface area contributed by atoms with Crippen molar-refractivity contribution in [3.8, 4) is 0 Å². The molecule has 0 aliphatic carbocycles. The SMILES string of the molecule is CN(Cc1ccc(N2CCCCC2)cc1)C(=O)COCc1nc2ccccc2s1. The third-order valence-electron chi connectivity index (χ3n) is 5.29. The Bertz CT molecular complexity index is 915. The van der Waals surface area contributed by atoms with E-state index >= 15 is 0 Å². The second kappa shape index (κ2) is 9.37. The van der Waals surface area contributed by atoms with Crippen LogP contribution in [0.25, 0.3) is 10.2 Å². The second-order valence-electron chi connectivity index (χ2n) is 7.53. The molecule has 0 atom stereocenters.